The minimum atomic E-state index is -0.468. The molecular weight excluding hydrogens is 396 g/mol. The first-order valence-corrected chi connectivity index (χ1v) is 10.7. The standard InChI is InChI=1S/C22H26N6O3/c29-21(20(15-4-3-5-23-14-15)28-8-10-31-11-9-28)24-18-12-16-17(26-22(30)25-16)13-19(18)27-6-1-2-7-27/h3-5,12-14,20H,1-2,6-11H2,(H,24,29)(H2,25,26,30). The van der Waals surface area contributed by atoms with Gasteiger partial charge in [-0.2, -0.15) is 0 Å². The molecule has 2 saturated heterocycles. The minimum Gasteiger partial charge on any atom is -0.379 e. The number of imidazole rings is 1. The number of aromatic nitrogens is 3. The van der Waals surface area contributed by atoms with Gasteiger partial charge in [0, 0.05) is 38.6 Å². The maximum atomic E-state index is 13.6. The van der Waals surface area contributed by atoms with Crippen molar-refractivity contribution in [2.24, 2.45) is 0 Å². The second-order valence-electron chi connectivity index (χ2n) is 8.01. The molecule has 1 aromatic carbocycles. The Morgan fingerprint density at radius 3 is 2.55 bits per heavy atom. The number of fused-ring (bicyclic) bond motifs is 1. The van der Waals surface area contributed by atoms with Crippen LogP contribution in [0.15, 0.2) is 41.5 Å². The van der Waals surface area contributed by atoms with E-state index in [-0.39, 0.29) is 11.6 Å². The summed E-state index contributed by atoms with van der Waals surface area (Å²) in [5.74, 6) is -0.118. The lowest BCUT2D eigenvalue weighted by Crippen LogP contribution is -2.44. The van der Waals surface area contributed by atoms with Gasteiger partial charge in [-0.3, -0.25) is 14.7 Å². The van der Waals surface area contributed by atoms with Crippen molar-refractivity contribution in [3.05, 3.63) is 52.7 Å². The normalized spacial score (nSPS) is 18.4. The molecule has 5 rings (SSSR count). The number of ether oxygens (including phenoxy) is 1. The topological polar surface area (TPSA) is 106 Å². The van der Waals surface area contributed by atoms with Gasteiger partial charge in [0.1, 0.15) is 6.04 Å². The van der Waals surface area contributed by atoms with E-state index in [1.165, 1.54) is 0 Å². The number of nitrogens with one attached hydrogen (secondary N) is 3. The van der Waals surface area contributed by atoms with E-state index in [2.05, 4.69) is 30.1 Å². The van der Waals surface area contributed by atoms with Crippen molar-refractivity contribution in [2.45, 2.75) is 18.9 Å². The third kappa shape index (κ3) is 4.06. The van der Waals surface area contributed by atoms with Gasteiger partial charge >= 0.3 is 5.69 Å². The van der Waals surface area contributed by atoms with E-state index in [1.807, 2.05) is 24.3 Å². The molecule has 3 N–H and O–H groups in total. The van der Waals surface area contributed by atoms with Gasteiger partial charge in [0.2, 0.25) is 5.91 Å². The number of nitrogens with zero attached hydrogens (tertiary/aromatic N) is 3. The molecule has 162 valence electrons. The van der Waals surface area contributed by atoms with Crippen LogP contribution in [0, 0.1) is 0 Å². The van der Waals surface area contributed by atoms with Crippen LogP contribution < -0.4 is 15.9 Å². The molecule has 0 aliphatic carbocycles. The summed E-state index contributed by atoms with van der Waals surface area (Å²) in [5.41, 5.74) is 3.64. The molecule has 1 unspecified atom stereocenters. The van der Waals surface area contributed by atoms with Crippen molar-refractivity contribution < 1.29 is 9.53 Å². The Bertz CT molecular complexity index is 1110. The molecule has 31 heavy (non-hydrogen) atoms. The Morgan fingerprint density at radius 1 is 1.10 bits per heavy atom. The van der Waals surface area contributed by atoms with Gasteiger partial charge in [0.15, 0.2) is 0 Å². The lowest BCUT2D eigenvalue weighted by atomic mass is 10.1. The van der Waals surface area contributed by atoms with Crippen LogP contribution in [0.4, 0.5) is 11.4 Å². The number of hydrogen-bond acceptors (Lipinski definition) is 6. The van der Waals surface area contributed by atoms with Crippen LogP contribution in [0.1, 0.15) is 24.4 Å². The average molecular weight is 422 g/mol. The first-order valence-electron chi connectivity index (χ1n) is 10.7. The van der Waals surface area contributed by atoms with Gasteiger partial charge in [-0.05, 0) is 36.6 Å². The molecule has 1 amide bonds. The summed E-state index contributed by atoms with van der Waals surface area (Å²) in [6.45, 7) is 4.41. The van der Waals surface area contributed by atoms with Crippen LogP contribution in [0.5, 0.6) is 0 Å². The van der Waals surface area contributed by atoms with Crippen molar-refractivity contribution in [2.75, 3.05) is 49.6 Å². The number of aromatic amines is 2. The highest BCUT2D eigenvalue weighted by atomic mass is 16.5. The molecule has 0 bridgehead atoms. The molecule has 0 radical (unpaired) electrons. The van der Waals surface area contributed by atoms with E-state index in [4.69, 9.17) is 4.74 Å². The van der Waals surface area contributed by atoms with Crippen molar-refractivity contribution in [1.82, 2.24) is 19.9 Å². The maximum Gasteiger partial charge on any atom is 0.323 e. The molecule has 2 aliphatic rings. The van der Waals surface area contributed by atoms with Crippen molar-refractivity contribution >= 4 is 28.3 Å². The zero-order valence-corrected chi connectivity index (χ0v) is 17.3. The fourth-order valence-electron chi connectivity index (χ4n) is 4.49. The van der Waals surface area contributed by atoms with Crippen LogP contribution in [-0.2, 0) is 9.53 Å². The van der Waals surface area contributed by atoms with Gasteiger partial charge in [-0.25, -0.2) is 4.79 Å². The van der Waals surface area contributed by atoms with Crippen LogP contribution in [0.3, 0.4) is 0 Å². The second kappa shape index (κ2) is 8.52. The highest BCUT2D eigenvalue weighted by molar-refractivity contribution is 6.01. The molecular formula is C22H26N6O3. The number of anilines is 2. The number of hydrogen-bond donors (Lipinski definition) is 3. The van der Waals surface area contributed by atoms with E-state index in [0.717, 1.165) is 42.7 Å². The summed E-state index contributed by atoms with van der Waals surface area (Å²) in [4.78, 5) is 39.6. The third-order valence-electron chi connectivity index (χ3n) is 6.00. The summed E-state index contributed by atoms with van der Waals surface area (Å²) < 4.78 is 5.49. The van der Waals surface area contributed by atoms with Crippen LogP contribution in [-0.4, -0.2) is 65.2 Å². The van der Waals surface area contributed by atoms with Crippen molar-refractivity contribution in [3.8, 4) is 0 Å². The highest BCUT2D eigenvalue weighted by Gasteiger charge is 2.30. The average Bonchev–Trinajstić information content (AvgIpc) is 3.43. The van der Waals surface area contributed by atoms with E-state index in [1.54, 1.807) is 12.4 Å². The summed E-state index contributed by atoms with van der Waals surface area (Å²) >= 11 is 0. The number of carbonyl (C=O) groups excluding carboxylic acids is 1. The SMILES string of the molecule is O=C(Nc1cc2[nH]c(=O)[nH]c2cc1N1CCCC1)C(c1cccnc1)N1CCOCC1. The van der Waals surface area contributed by atoms with Crippen molar-refractivity contribution in [1.29, 1.82) is 0 Å². The van der Waals surface area contributed by atoms with Gasteiger partial charge in [0.05, 0.1) is 35.6 Å². The maximum absolute atomic E-state index is 13.6. The van der Waals surface area contributed by atoms with Gasteiger partial charge < -0.3 is 24.9 Å². The molecule has 9 nitrogen and oxygen atoms in total. The number of carbonyl (C=O) groups is 1. The molecule has 9 heteroatoms. The van der Waals surface area contributed by atoms with Crippen LogP contribution >= 0.6 is 0 Å². The Labute approximate surface area is 179 Å². The predicted octanol–water partition coefficient (Wildman–Crippen LogP) is 1.86. The van der Waals surface area contributed by atoms with E-state index in [9.17, 15) is 9.59 Å². The van der Waals surface area contributed by atoms with Gasteiger partial charge in [-0.1, -0.05) is 6.07 Å². The summed E-state index contributed by atoms with van der Waals surface area (Å²) in [7, 11) is 0. The first kappa shape index (κ1) is 19.8. The summed E-state index contributed by atoms with van der Waals surface area (Å²) in [6.07, 6.45) is 5.68. The molecule has 2 aromatic heterocycles. The number of rotatable bonds is 5. The zero-order valence-electron chi connectivity index (χ0n) is 17.3. The Balaban J connectivity index is 1.51. The summed E-state index contributed by atoms with van der Waals surface area (Å²) in [6, 6.07) is 7.11. The molecule has 1 atom stereocenters. The fourth-order valence-corrected chi connectivity index (χ4v) is 4.49. The number of amides is 1. The monoisotopic (exact) mass is 422 g/mol. The Kier molecular flexibility index (Phi) is 5.44. The lowest BCUT2D eigenvalue weighted by Gasteiger charge is -2.34. The number of benzene rings is 1. The highest BCUT2D eigenvalue weighted by Crippen LogP contribution is 2.33. The predicted molar refractivity (Wildman–Crippen MR) is 118 cm³/mol. The van der Waals surface area contributed by atoms with Crippen LogP contribution in [0.25, 0.3) is 11.0 Å². The third-order valence-corrected chi connectivity index (χ3v) is 6.00. The van der Waals surface area contributed by atoms with Crippen molar-refractivity contribution in [3.63, 3.8) is 0 Å². The molecule has 4 heterocycles. The quantitative estimate of drug-likeness (QED) is 0.580. The molecule has 2 aliphatic heterocycles. The van der Waals surface area contributed by atoms with E-state index in [0.29, 0.717) is 37.5 Å². The van der Waals surface area contributed by atoms with Gasteiger partial charge in [-0.15, -0.1) is 0 Å². The molecule has 0 spiro atoms. The van der Waals surface area contributed by atoms with Gasteiger partial charge in [0.25, 0.3) is 0 Å². The largest absolute Gasteiger partial charge is 0.379 e. The Hall–Kier alpha value is -3.17. The van der Waals surface area contributed by atoms with E-state index < -0.39 is 6.04 Å². The molecule has 0 saturated carbocycles. The summed E-state index contributed by atoms with van der Waals surface area (Å²) in [5, 5.41) is 3.16. The Morgan fingerprint density at radius 2 is 1.84 bits per heavy atom. The van der Waals surface area contributed by atoms with Crippen LogP contribution in [0.2, 0.25) is 0 Å². The smallest absolute Gasteiger partial charge is 0.323 e. The fraction of sp³-hybridized carbons (Fsp3) is 0.409. The number of H-pyrrole nitrogens is 2. The lowest BCUT2D eigenvalue weighted by molar-refractivity contribution is -0.123. The second-order valence-corrected chi connectivity index (χ2v) is 8.01. The number of pyridine rings is 1. The molecule has 3 aromatic rings. The first-order chi connectivity index (χ1) is 15.2. The molecule has 2 fully saturated rings. The number of morpholine rings is 1. The minimum absolute atomic E-state index is 0.118. The van der Waals surface area contributed by atoms with E-state index >= 15 is 0 Å². The zero-order chi connectivity index (χ0) is 21.2.